The van der Waals surface area contributed by atoms with Crippen molar-refractivity contribution in [2.75, 3.05) is 25.0 Å². The van der Waals surface area contributed by atoms with Gasteiger partial charge in [0.1, 0.15) is 48.1 Å². The van der Waals surface area contributed by atoms with E-state index in [1.165, 1.54) is 32.9 Å². The van der Waals surface area contributed by atoms with Gasteiger partial charge >= 0.3 is 0 Å². The number of H-pyrrole nitrogens is 1. The number of nitrogens with two attached hydrogens (primary N) is 1. The Morgan fingerprint density at radius 2 is 1.70 bits per heavy atom. The maximum Gasteiger partial charge on any atom is 0.293 e. The Labute approximate surface area is 360 Å². The van der Waals surface area contributed by atoms with Gasteiger partial charge in [-0.3, -0.25) is 38.9 Å². The monoisotopic (exact) mass is 876 g/mol. The summed E-state index contributed by atoms with van der Waals surface area (Å²) in [6.07, 6.45) is -6.53. The van der Waals surface area contributed by atoms with Gasteiger partial charge in [0.25, 0.3) is 5.69 Å². The molecule has 1 saturated heterocycles. The molecule has 4 aromatic rings. The molecule has 0 bridgehead atoms. The first-order valence-corrected chi connectivity index (χ1v) is 20.2. The van der Waals surface area contributed by atoms with Crippen LogP contribution in [-0.4, -0.2) is 118 Å². The second-order valence-electron chi connectivity index (χ2n) is 15.0. The lowest BCUT2D eigenvalue weighted by Crippen LogP contribution is -2.66. The standard InChI is InChI=1S/C42H52N8O13/c1-22(46-41(58)23(2)62-38-35(47-24(3)52)42(63-31(20-51)37(38)55)61-21-25-10-5-4-6-11-25)40(57)49-29(39(43)56)15-17-32(53)45-19-9-18-44-28-14-16-30(50(59)60)34-33(28)36(54)26-12-7-8-13-27(26)48-34/h4-8,10-14,16,22-23,29,31,35,37-38,42,44,51,55H,9,15,17-21H2,1-3H3,(H2,43,56)(H,45,53)(H,46,58)(H,47,52)(H,48,54)(H,49,57)/t22-,23?,29+,31+,35+,37+,38+,42-/m0/s1. The summed E-state index contributed by atoms with van der Waals surface area (Å²) in [6.45, 7) is 3.81. The van der Waals surface area contributed by atoms with Gasteiger partial charge in [0, 0.05) is 49.1 Å². The molecule has 0 aliphatic carbocycles. The van der Waals surface area contributed by atoms with E-state index in [-0.39, 0.29) is 54.6 Å². The molecule has 10 N–H and O–H groups in total. The summed E-state index contributed by atoms with van der Waals surface area (Å²) in [5.41, 5.74) is 6.59. The molecule has 338 valence electrons. The number of ether oxygens (including phenoxy) is 3. The second-order valence-corrected chi connectivity index (χ2v) is 15.0. The third-order valence-electron chi connectivity index (χ3n) is 10.3. The first-order valence-electron chi connectivity index (χ1n) is 20.2. The number of rotatable bonds is 21. The van der Waals surface area contributed by atoms with E-state index in [9.17, 15) is 49.1 Å². The molecule has 1 aromatic heterocycles. The summed E-state index contributed by atoms with van der Waals surface area (Å²) in [5.74, 6) is -3.48. The fourth-order valence-corrected chi connectivity index (χ4v) is 7.00. The van der Waals surface area contributed by atoms with Crippen LogP contribution in [0.25, 0.3) is 21.8 Å². The molecule has 8 atom stereocenters. The molecule has 21 nitrogen and oxygen atoms in total. The molecule has 2 heterocycles. The van der Waals surface area contributed by atoms with Gasteiger partial charge < -0.3 is 61.7 Å². The van der Waals surface area contributed by atoms with Crippen LogP contribution in [0.5, 0.6) is 0 Å². The highest BCUT2D eigenvalue weighted by atomic mass is 16.7. The Kier molecular flexibility index (Phi) is 16.6. The van der Waals surface area contributed by atoms with Gasteiger partial charge in [-0.15, -0.1) is 0 Å². The number of benzene rings is 3. The lowest BCUT2D eigenvalue weighted by atomic mass is 9.96. The minimum atomic E-state index is -1.51. The van der Waals surface area contributed by atoms with Gasteiger partial charge in [-0.2, -0.15) is 0 Å². The van der Waals surface area contributed by atoms with E-state index >= 15 is 0 Å². The molecule has 0 spiro atoms. The highest BCUT2D eigenvalue weighted by molar-refractivity contribution is 6.03. The van der Waals surface area contributed by atoms with Crippen LogP contribution >= 0.6 is 0 Å². The fraction of sp³-hybridized carbons (Fsp3) is 0.429. The Balaban J connectivity index is 1.09. The molecular weight excluding hydrogens is 825 g/mol. The number of hydrogen-bond acceptors (Lipinski definition) is 14. The average Bonchev–Trinajstić information content (AvgIpc) is 3.25. The van der Waals surface area contributed by atoms with Gasteiger partial charge in [0.15, 0.2) is 11.7 Å². The van der Waals surface area contributed by atoms with Crippen molar-refractivity contribution in [2.45, 2.75) is 95.5 Å². The van der Waals surface area contributed by atoms with Crippen LogP contribution in [0.3, 0.4) is 0 Å². The van der Waals surface area contributed by atoms with Crippen molar-refractivity contribution in [1.29, 1.82) is 0 Å². The van der Waals surface area contributed by atoms with E-state index in [1.54, 1.807) is 48.5 Å². The number of anilines is 1. The number of nitrogens with one attached hydrogen (secondary N) is 6. The number of nitro benzene ring substituents is 1. The van der Waals surface area contributed by atoms with Gasteiger partial charge in [0.05, 0.1) is 23.5 Å². The van der Waals surface area contributed by atoms with Crippen molar-refractivity contribution >= 4 is 62.7 Å². The van der Waals surface area contributed by atoms with E-state index in [1.807, 2.05) is 6.07 Å². The first kappa shape index (κ1) is 47.5. The average molecular weight is 877 g/mol. The number of carbonyl (C=O) groups is 5. The number of para-hydroxylation sites is 1. The SMILES string of the molecule is CC(=O)N[C@H]1[C@@H](OCc2ccccc2)O[C@H](CO)[C@@H](O)[C@@H]1OC(C)C(=O)N[C@@H](C)C(=O)N[C@H](CCC(=O)NCCCNc1ccc([N+](=O)[O-])c2[nH]c3ccccc3c(=O)c12)C(N)=O. The lowest BCUT2D eigenvalue weighted by molar-refractivity contribution is -0.383. The number of aliphatic hydroxyl groups is 2. The normalized spacial score (nSPS) is 19.9. The molecule has 1 aliphatic heterocycles. The molecule has 0 radical (unpaired) electrons. The van der Waals surface area contributed by atoms with Gasteiger partial charge in [-0.05, 0) is 50.5 Å². The third-order valence-corrected chi connectivity index (χ3v) is 10.3. The van der Waals surface area contributed by atoms with Crippen LogP contribution in [0.15, 0.2) is 71.5 Å². The molecule has 21 heteroatoms. The predicted octanol–water partition coefficient (Wildman–Crippen LogP) is 0.336. The molecular formula is C42H52N8O13. The third kappa shape index (κ3) is 12.3. The van der Waals surface area contributed by atoms with Crippen molar-refractivity contribution in [3.8, 4) is 0 Å². The molecule has 1 fully saturated rings. The second kappa shape index (κ2) is 22.0. The largest absolute Gasteiger partial charge is 0.394 e. The van der Waals surface area contributed by atoms with Gasteiger partial charge in [-0.25, -0.2) is 0 Å². The first-order chi connectivity index (χ1) is 30.1. The van der Waals surface area contributed by atoms with Crippen LogP contribution < -0.4 is 37.7 Å². The topological polar surface area (TPSA) is 316 Å². The summed E-state index contributed by atoms with van der Waals surface area (Å²) >= 11 is 0. The summed E-state index contributed by atoms with van der Waals surface area (Å²) in [7, 11) is 0. The molecule has 5 amide bonds. The van der Waals surface area contributed by atoms with E-state index < -0.39 is 89.9 Å². The van der Waals surface area contributed by atoms with Gasteiger partial charge in [0.2, 0.25) is 29.5 Å². The molecule has 63 heavy (non-hydrogen) atoms. The molecule has 1 aliphatic rings. The summed E-state index contributed by atoms with van der Waals surface area (Å²) in [6, 6.07) is 14.9. The minimum Gasteiger partial charge on any atom is -0.394 e. The number of aromatic nitrogens is 1. The van der Waals surface area contributed by atoms with E-state index in [0.29, 0.717) is 23.0 Å². The zero-order valence-electron chi connectivity index (χ0n) is 34.8. The van der Waals surface area contributed by atoms with Crippen LogP contribution in [-0.2, 0) is 44.8 Å². The van der Waals surface area contributed by atoms with Crippen molar-refractivity contribution in [3.05, 3.63) is 92.6 Å². The maximum absolute atomic E-state index is 13.4. The number of aliphatic hydroxyl groups excluding tert-OH is 2. The van der Waals surface area contributed by atoms with Crippen LogP contribution in [0.1, 0.15) is 45.6 Å². The van der Waals surface area contributed by atoms with Gasteiger partial charge in [-0.1, -0.05) is 42.5 Å². The number of pyridine rings is 1. The molecule has 5 rings (SSSR count). The Morgan fingerprint density at radius 3 is 2.38 bits per heavy atom. The minimum absolute atomic E-state index is 0.0504. The predicted molar refractivity (Wildman–Crippen MR) is 228 cm³/mol. The number of primary amides is 1. The zero-order chi connectivity index (χ0) is 45.8. The number of carbonyl (C=O) groups excluding carboxylic acids is 5. The zero-order valence-corrected chi connectivity index (χ0v) is 34.8. The Bertz CT molecular complexity index is 2350. The number of nitro groups is 1. The van der Waals surface area contributed by atoms with Crippen molar-refractivity contribution < 1.29 is 53.3 Å². The van der Waals surface area contributed by atoms with E-state index in [2.05, 4.69) is 31.6 Å². The Morgan fingerprint density at radius 1 is 0.984 bits per heavy atom. The number of hydrogen-bond donors (Lipinski definition) is 9. The van der Waals surface area contributed by atoms with Crippen LogP contribution in [0, 0.1) is 10.1 Å². The fourth-order valence-electron chi connectivity index (χ4n) is 7.00. The summed E-state index contributed by atoms with van der Waals surface area (Å²) in [4.78, 5) is 90.9. The summed E-state index contributed by atoms with van der Waals surface area (Å²) in [5, 5.41) is 46.5. The van der Waals surface area contributed by atoms with Crippen LogP contribution in [0.2, 0.25) is 0 Å². The highest BCUT2D eigenvalue weighted by Crippen LogP contribution is 2.30. The number of fused-ring (bicyclic) bond motifs is 2. The van der Waals surface area contributed by atoms with Crippen molar-refractivity contribution in [2.24, 2.45) is 5.73 Å². The van der Waals surface area contributed by atoms with E-state index in [4.69, 9.17) is 19.9 Å². The number of amides is 5. The maximum atomic E-state index is 13.4. The lowest BCUT2D eigenvalue weighted by Gasteiger charge is -2.44. The Hall–Kier alpha value is -6.52. The van der Waals surface area contributed by atoms with Crippen LogP contribution in [0.4, 0.5) is 11.4 Å². The molecule has 3 aromatic carbocycles. The molecule has 1 unspecified atom stereocenters. The highest BCUT2D eigenvalue weighted by Gasteiger charge is 2.48. The smallest absolute Gasteiger partial charge is 0.293 e. The number of aromatic amines is 1. The van der Waals surface area contributed by atoms with Crippen molar-refractivity contribution in [1.82, 2.24) is 26.3 Å². The summed E-state index contributed by atoms with van der Waals surface area (Å²) < 4.78 is 17.6. The van der Waals surface area contributed by atoms with Crippen molar-refractivity contribution in [3.63, 3.8) is 0 Å². The quantitative estimate of drug-likeness (QED) is 0.0236. The molecule has 0 saturated carbocycles. The van der Waals surface area contributed by atoms with E-state index in [0.717, 1.165) is 5.56 Å². The number of nitrogens with zero attached hydrogens (tertiary/aromatic N) is 1. The number of non-ortho nitro benzene ring substituents is 1.